The molecule has 110 valence electrons. The molecule has 0 aliphatic rings. The van der Waals surface area contributed by atoms with Gasteiger partial charge in [0, 0.05) is 26.4 Å². The smallest absolute Gasteiger partial charge is 0.0453 e. The first-order chi connectivity index (χ1) is 8.01. The highest BCUT2D eigenvalue weighted by atomic mass is 16.3. The minimum Gasteiger partial charge on any atom is -0.397 e. The third-order valence-electron chi connectivity index (χ3n) is 1.10. The van der Waals surface area contributed by atoms with Gasteiger partial charge in [-0.1, -0.05) is 34.1 Å². The number of hydrogen-bond donors (Lipinski definition) is 4. The van der Waals surface area contributed by atoms with Crippen molar-refractivity contribution in [2.45, 2.75) is 53.9 Å². The first kappa shape index (κ1) is 25.6. The van der Waals surface area contributed by atoms with Gasteiger partial charge in [0.2, 0.25) is 0 Å². The number of rotatable bonds is 4. The third kappa shape index (κ3) is 130. The lowest BCUT2D eigenvalue weighted by Gasteiger charge is -1.90. The Labute approximate surface area is 107 Å². The highest BCUT2D eigenvalue weighted by Crippen LogP contribution is 1.83. The van der Waals surface area contributed by atoms with Crippen LogP contribution in [0.5, 0.6) is 0 Å². The second-order valence-corrected chi connectivity index (χ2v) is 3.69. The molecule has 0 aromatic heterocycles. The summed E-state index contributed by atoms with van der Waals surface area (Å²) in [7, 11) is 0. The van der Waals surface area contributed by atoms with Crippen LogP contribution in [-0.4, -0.2) is 46.9 Å². The summed E-state index contributed by atoms with van der Waals surface area (Å²) in [6, 6.07) is 0. The third-order valence-corrected chi connectivity index (χ3v) is 1.10. The summed E-state index contributed by atoms with van der Waals surface area (Å²) in [5.41, 5.74) is 0. The van der Waals surface area contributed by atoms with Crippen molar-refractivity contribution in [3.63, 3.8) is 0 Å². The molecule has 4 N–H and O–H groups in total. The molecular formula is C13H34O4. The first-order valence-electron chi connectivity index (χ1n) is 6.45. The van der Waals surface area contributed by atoms with E-state index in [9.17, 15) is 0 Å². The molecule has 17 heavy (non-hydrogen) atoms. The maximum Gasteiger partial charge on any atom is 0.0453 e. The predicted molar refractivity (Wildman–Crippen MR) is 74.1 cm³/mol. The highest BCUT2D eigenvalue weighted by Gasteiger charge is 1.81. The van der Waals surface area contributed by atoms with Crippen molar-refractivity contribution >= 4 is 0 Å². The van der Waals surface area contributed by atoms with Gasteiger partial charge in [-0.25, -0.2) is 0 Å². The summed E-state index contributed by atoms with van der Waals surface area (Å²) >= 11 is 0. The van der Waals surface area contributed by atoms with Crippen molar-refractivity contribution in [2.75, 3.05) is 26.4 Å². The largest absolute Gasteiger partial charge is 0.397 e. The topological polar surface area (TPSA) is 80.9 Å². The van der Waals surface area contributed by atoms with Crippen LogP contribution in [0, 0.1) is 5.92 Å². The molecule has 0 aromatic carbocycles. The first-order valence-corrected chi connectivity index (χ1v) is 6.45. The van der Waals surface area contributed by atoms with Gasteiger partial charge in [-0.15, -0.1) is 0 Å². The molecule has 0 heterocycles. The molecule has 0 spiro atoms. The van der Waals surface area contributed by atoms with Crippen molar-refractivity contribution in [3.8, 4) is 0 Å². The molecule has 4 heteroatoms. The van der Waals surface area contributed by atoms with Gasteiger partial charge < -0.3 is 20.4 Å². The van der Waals surface area contributed by atoms with Crippen molar-refractivity contribution in [1.29, 1.82) is 0 Å². The molecule has 0 fully saturated rings. The van der Waals surface area contributed by atoms with Gasteiger partial charge in [-0.05, 0) is 25.7 Å². The van der Waals surface area contributed by atoms with E-state index in [2.05, 4.69) is 6.92 Å². The molecule has 0 atom stereocenters. The van der Waals surface area contributed by atoms with Crippen molar-refractivity contribution < 1.29 is 20.4 Å². The lowest BCUT2D eigenvalue weighted by molar-refractivity contribution is 0.248. The standard InChI is InChI=1S/2C4H10O.C3H8O.C2H6O/c1-4(2)3-5;1-2-3-4-5;1-2-3-4;1-2-3/h4-5H,3H2,1-2H3;5H,2-4H2,1H3;4H,2-3H2,1H3;3H,2H2,1H3. The maximum absolute atomic E-state index is 8.14. The molecule has 4 nitrogen and oxygen atoms in total. The molecule has 0 aliphatic heterocycles. The van der Waals surface area contributed by atoms with E-state index in [-0.39, 0.29) is 6.61 Å². The Morgan fingerprint density at radius 1 is 0.765 bits per heavy atom. The van der Waals surface area contributed by atoms with Crippen LogP contribution in [0.1, 0.15) is 53.9 Å². The summed E-state index contributed by atoms with van der Waals surface area (Å²) in [5.74, 6) is 0.440. The van der Waals surface area contributed by atoms with E-state index in [1.807, 2.05) is 20.8 Å². The Balaban J connectivity index is -0.0000000676. The van der Waals surface area contributed by atoms with Crippen LogP contribution in [0.2, 0.25) is 0 Å². The second kappa shape index (κ2) is 36.0. The molecule has 0 unspecified atom stereocenters. The Morgan fingerprint density at radius 3 is 1.06 bits per heavy atom. The summed E-state index contributed by atoms with van der Waals surface area (Å²) in [6.07, 6.45) is 2.91. The summed E-state index contributed by atoms with van der Waals surface area (Å²) in [4.78, 5) is 0. The zero-order valence-electron chi connectivity index (χ0n) is 12.3. The second-order valence-electron chi connectivity index (χ2n) is 3.69. The molecule has 0 bridgehead atoms. The Hall–Kier alpha value is -0.160. The zero-order valence-corrected chi connectivity index (χ0v) is 12.3. The summed E-state index contributed by atoms with van der Waals surface area (Å²) in [5, 5.41) is 31.7. The van der Waals surface area contributed by atoms with E-state index < -0.39 is 0 Å². The van der Waals surface area contributed by atoms with Gasteiger partial charge >= 0.3 is 0 Å². The summed E-state index contributed by atoms with van der Waals surface area (Å²) < 4.78 is 0. The highest BCUT2D eigenvalue weighted by molar-refractivity contribution is 4.32. The van der Waals surface area contributed by atoms with Gasteiger partial charge in [-0.2, -0.15) is 0 Å². The van der Waals surface area contributed by atoms with Crippen LogP contribution < -0.4 is 0 Å². The fraction of sp³-hybridized carbons (Fsp3) is 1.00. The molecule has 0 aliphatic carbocycles. The normalized spacial score (nSPS) is 8.12. The molecule has 0 amide bonds. The minimum absolute atomic E-state index is 0.250. The van der Waals surface area contributed by atoms with Gasteiger partial charge in [-0.3, -0.25) is 0 Å². The molecule has 0 saturated carbocycles. The van der Waals surface area contributed by atoms with Crippen LogP contribution in [-0.2, 0) is 0 Å². The molecule has 0 aromatic rings. The molecule has 0 radical (unpaired) electrons. The van der Waals surface area contributed by atoms with Crippen molar-refractivity contribution in [2.24, 2.45) is 5.92 Å². The van der Waals surface area contributed by atoms with Crippen LogP contribution in [0.3, 0.4) is 0 Å². The fourth-order valence-electron chi connectivity index (χ4n) is 0.158. The molecule has 0 saturated heterocycles. The fourth-order valence-corrected chi connectivity index (χ4v) is 0.158. The minimum atomic E-state index is 0.250. The van der Waals surface area contributed by atoms with Gasteiger partial charge in [0.15, 0.2) is 0 Å². The number of aliphatic hydroxyl groups is 4. The Bertz CT molecular complexity index is 73.8. The van der Waals surface area contributed by atoms with Crippen molar-refractivity contribution in [3.05, 3.63) is 0 Å². The van der Waals surface area contributed by atoms with E-state index in [1.165, 1.54) is 0 Å². The van der Waals surface area contributed by atoms with E-state index in [0.717, 1.165) is 19.3 Å². The Kier molecular flexibility index (Phi) is 54.3. The van der Waals surface area contributed by atoms with Gasteiger partial charge in [0.1, 0.15) is 0 Å². The van der Waals surface area contributed by atoms with Gasteiger partial charge in [0.05, 0.1) is 0 Å². The lowest BCUT2D eigenvalue weighted by atomic mass is 10.2. The number of hydrogen-bond acceptors (Lipinski definition) is 4. The SMILES string of the molecule is CC(C)CO.CCCCO.CCCO.CCO. The lowest BCUT2D eigenvalue weighted by Crippen LogP contribution is -1.90. The maximum atomic E-state index is 8.14. The van der Waals surface area contributed by atoms with E-state index in [0.29, 0.717) is 25.7 Å². The average molecular weight is 254 g/mol. The summed E-state index contributed by atoms with van der Waals surface area (Å²) in [6.45, 7) is 10.8. The van der Waals surface area contributed by atoms with E-state index in [1.54, 1.807) is 6.92 Å². The molecule has 0 rings (SSSR count). The van der Waals surface area contributed by atoms with Crippen molar-refractivity contribution in [1.82, 2.24) is 0 Å². The van der Waals surface area contributed by atoms with Crippen LogP contribution in [0.4, 0.5) is 0 Å². The zero-order chi connectivity index (χ0) is 14.5. The number of aliphatic hydroxyl groups excluding tert-OH is 4. The molecular weight excluding hydrogens is 220 g/mol. The van der Waals surface area contributed by atoms with Crippen LogP contribution in [0.25, 0.3) is 0 Å². The quantitative estimate of drug-likeness (QED) is 0.617. The van der Waals surface area contributed by atoms with E-state index >= 15 is 0 Å². The Morgan fingerprint density at radius 2 is 1.06 bits per heavy atom. The predicted octanol–water partition coefficient (Wildman–Crippen LogP) is 1.80. The van der Waals surface area contributed by atoms with E-state index in [4.69, 9.17) is 20.4 Å². The monoisotopic (exact) mass is 254 g/mol. The van der Waals surface area contributed by atoms with Gasteiger partial charge in [0.25, 0.3) is 0 Å². The van der Waals surface area contributed by atoms with Crippen LogP contribution in [0.15, 0.2) is 0 Å². The number of unbranched alkanes of at least 4 members (excludes halogenated alkanes) is 1. The average Bonchev–Trinajstić information content (AvgIpc) is 2.32. The van der Waals surface area contributed by atoms with Crippen LogP contribution >= 0.6 is 0 Å².